The molecule has 0 aliphatic heterocycles. The maximum absolute atomic E-state index is 13.5. The average Bonchev–Trinajstić information content (AvgIpc) is 2.72. The number of aryl methyl sites for hydroxylation is 1. The number of hydrogen-bond donors (Lipinski definition) is 1. The molecule has 1 aromatic carbocycles. The van der Waals surface area contributed by atoms with Gasteiger partial charge >= 0.3 is 0 Å². The van der Waals surface area contributed by atoms with E-state index in [0.29, 0.717) is 11.3 Å². The summed E-state index contributed by atoms with van der Waals surface area (Å²) in [6.07, 6.45) is 1.36. The summed E-state index contributed by atoms with van der Waals surface area (Å²) in [6.45, 7) is 1.71. The fraction of sp³-hybridized carbons (Fsp3) is 0.167. The van der Waals surface area contributed by atoms with Crippen molar-refractivity contribution in [3.8, 4) is 0 Å². The van der Waals surface area contributed by atoms with Crippen molar-refractivity contribution >= 4 is 0 Å². The molecule has 2 N–H and O–H groups in total. The molecule has 90 valence electrons. The zero-order valence-corrected chi connectivity index (χ0v) is 9.01. The average molecular weight is 241 g/mol. The molecule has 2 aromatic rings. The van der Waals surface area contributed by atoms with Gasteiger partial charge in [0.15, 0.2) is 17.5 Å². The molecule has 1 unspecified atom stereocenters. The van der Waals surface area contributed by atoms with Gasteiger partial charge in [0.1, 0.15) is 5.76 Å². The highest BCUT2D eigenvalue weighted by Gasteiger charge is 2.20. The van der Waals surface area contributed by atoms with Crippen LogP contribution in [0.25, 0.3) is 0 Å². The van der Waals surface area contributed by atoms with E-state index in [1.54, 1.807) is 13.0 Å². The van der Waals surface area contributed by atoms with Crippen molar-refractivity contribution in [2.45, 2.75) is 13.0 Å². The highest BCUT2D eigenvalue weighted by Crippen LogP contribution is 2.26. The van der Waals surface area contributed by atoms with E-state index in [4.69, 9.17) is 10.2 Å². The first-order valence-electron chi connectivity index (χ1n) is 4.94. The second-order valence-electron chi connectivity index (χ2n) is 3.73. The summed E-state index contributed by atoms with van der Waals surface area (Å²) in [5.74, 6) is -3.41. The molecule has 0 spiro atoms. The second-order valence-corrected chi connectivity index (χ2v) is 3.73. The molecule has 5 heteroatoms. The van der Waals surface area contributed by atoms with Crippen LogP contribution in [0.1, 0.15) is 22.9 Å². The molecule has 2 nitrogen and oxygen atoms in total. The Bertz CT molecular complexity index is 551. The van der Waals surface area contributed by atoms with Gasteiger partial charge in [0.05, 0.1) is 12.3 Å². The fourth-order valence-electron chi connectivity index (χ4n) is 1.59. The number of nitrogens with two attached hydrogens (primary N) is 1. The van der Waals surface area contributed by atoms with Crippen molar-refractivity contribution in [3.63, 3.8) is 0 Å². The van der Waals surface area contributed by atoms with E-state index in [2.05, 4.69) is 0 Å². The Morgan fingerprint density at radius 1 is 1.18 bits per heavy atom. The third-order valence-corrected chi connectivity index (χ3v) is 2.51. The quantitative estimate of drug-likeness (QED) is 0.821. The number of hydrogen-bond acceptors (Lipinski definition) is 2. The van der Waals surface area contributed by atoms with Crippen LogP contribution in [0.2, 0.25) is 0 Å². The lowest BCUT2D eigenvalue weighted by atomic mass is 10.0. The highest BCUT2D eigenvalue weighted by atomic mass is 19.2. The van der Waals surface area contributed by atoms with Gasteiger partial charge in [0.2, 0.25) is 0 Å². The molecule has 1 aromatic heterocycles. The largest absolute Gasteiger partial charge is 0.469 e. The van der Waals surface area contributed by atoms with Gasteiger partial charge in [-0.2, -0.15) is 0 Å². The maximum Gasteiger partial charge on any atom is 0.194 e. The van der Waals surface area contributed by atoms with Gasteiger partial charge in [-0.1, -0.05) is 6.07 Å². The molecular formula is C12H10F3NO. The second kappa shape index (κ2) is 4.25. The first-order valence-corrected chi connectivity index (χ1v) is 4.94. The molecule has 0 saturated carbocycles. The molecule has 1 heterocycles. The lowest BCUT2D eigenvalue weighted by Gasteiger charge is -2.11. The Kier molecular flexibility index (Phi) is 2.93. The van der Waals surface area contributed by atoms with Gasteiger partial charge < -0.3 is 10.2 Å². The van der Waals surface area contributed by atoms with E-state index in [-0.39, 0.29) is 5.56 Å². The topological polar surface area (TPSA) is 39.2 Å². The molecular weight excluding hydrogens is 231 g/mol. The zero-order chi connectivity index (χ0) is 12.6. The molecule has 0 saturated heterocycles. The molecule has 17 heavy (non-hydrogen) atoms. The van der Waals surface area contributed by atoms with Gasteiger partial charge in [-0.05, 0) is 19.1 Å². The van der Waals surface area contributed by atoms with Crippen LogP contribution in [0.15, 0.2) is 28.9 Å². The SMILES string of the molecule is Cc1cc(C(N)c2ccc(F)c(F)c2F)co1. The number of furan rings is 1. The molecule has 0 amide bonds. The third kappa shape index (κ3) is 2.06. The van der Waals surface area contributed by atoms with Crippen LogP contribution in [0.5, 0.6) is 0 Å². The summed E-state index contributed by atoms with van der Waals surface area (Å²) < 4.78 is 44.3. The van der Waals surface area contributed by atoms with Crippen LogP contribution in [0.3, 0.4) is 0 Å². The van der Waals surface area contributed by atoms with E-state index >= 15 is 0 Å². The first kappa shape index (κ1) is 11.7. The normalized spacial score (nSPS) is 12.8. The number of rotatable bonds is 2. The molecule has 0 aliphatic rings. The van der Waals surface area contributed by atoms with Crippen molar-refractivity contribution in [2.75, 3.05) is 0 Å². The Labute approximate surface area is 95.8 Å². The van der Waals surface area contributed by atoms with Crippen molar-refractivity contribution in [3.05, 3.63) is 58.8 Å². The van der Waals surface area contributed by atoms with Crippen molar-refractivity contribution in [2.24, 2.45) is 5.73 Å². The predicted molar refractivity (Wildman–Crippen MR) is 55.8 cm³/mol. The molecule has 0 bridgehead atoms. The van der Waals surface area contributed by atoms with Crippen LogP contribution in [0, 0.1) is 24.4 Å². The summed E-state index contributed by atoms with van der Waals surface area (Å²) in [5.41, 5.74) is 6.16. The number of halogens is 3. The smallest absolute Gasteiger partial charge is 0.194 e. The molecule has 2 rings (SSSR count). The highest BCUT2D eigenvalue weighted by molar-refractivity contribution is 5.32. The van der Waals surface area contributed by atoms with Crippen molar-refractivity contribution in [1.29, 1.82) is 0 Å². The Morgan fingerprint density at radius 2 is 1.88 bits per heavy atom. The minimum atomic E-state index is -1.52. The third-order valence-electron chi connectivity index (χ3n) is 2.51. The van der Waals surface area contributed by atoms with Gasteiger partial charge in [0.25, 0.3) is 0 Å². The lowest BCUT2D eigenvalue weighted by molar-refractivity contribution is 0.438. The minimum Gasteiger partial charge on any atom is -0.469 e. The zero-order valence-electron chi connectivity index (χ0n) is 9.01. The molecule has 0 aliphatic carbocycles. The maximum atomic E-state index is 13.5. The summed E-state index contributed by atoms with van der Waals surface area (Å²) in [5, 5.41) is 0. The van der Waals surface area contributed by atoms with Crippen LogP contribution in [0.4, 0.5) is 13.2 Å². The van der Waals surface area contributed by atoms with E-state index in [1.165, 1.54) is 6.26 Å². The van der Waals surface area contributed by atoms with E-state index in [1.807, 2.05) is 0 Å². The number of benzene rings is 1. The van der Waals surface area contributed by atoms with Gasteiger partial charge in [-0.3, -0.25) is 0 Å². The standard InChI is InChI=1S/C12H10F3NO/c1-6-4-7(5-17-6)12(16)8-2-3-9(13)11(15)10(8)14/h2-5,12H,16H2,1H3. The van der Waals surface area contributed by atoms with Gasteiger partial charge in [0, 0.05) is 11.1 Å². The monoisotopic (exact) mass is 241 g/mol. The van der Waals surface area contributed by atoms with E-state index in [0.717, 1.165) is 12.1 Å². The van der Waals surface area contributed by atoms with E-state index in [9.17, 15) is 13.2 Å². The Morgan fingerprint density at radius 3 is 2.47 bits per heavy atom. The van der Waals surface area contributed by atoms with Crippen LogP contribution in [-0.2, 0) is 0 Å². The fourth-order valence-corrected chi connectivity index (χ4v) is 1.59. The summed E-state index contributed by atoms with van der Waals surface area (Å²) in [4.78, 5) is 0. The van der Waals surface area contributed by atoms with E-state index < -0.39 is 23.5 Å². The molecule has 0 fully saturated rings. The van der Waals surface area contributed by atoms with Crippen molar-refractivity contribution < 1.29 is 17.6 Å². The summed E-state index contributed by atoms with van der Waals surface area (Å²) in [6, 6.07) is 2.70. The molecule has 0 radical (unpaired) electrons. The van der Waals surface area contributed by atoms with Gasteiger partial charge in [-0.25, -0.2) is 13.2 Å². The van der Waals surface area contributed by atoms with Crippen LogP contribution < -0.4 is 5.73 Å². The first-order chi connectivity index (χ1) is 8.00. The Balaban J connectivity index is 2.44. The Hall–Kier alpha value is -1.75. The van der Waals surface area contributed by atoms with Crippen molar-refractivity contribution in [1.82, 2.24) is 0 Å². The lowest BCUT2D eigenvalue weighted by Crippen LogP contribution is -2.14. The predicted octanol–water partition coefficient (Wildman–Crippen LogP) is 3.05. The van der Waals surface area contributed by atoms with Crippen LogP contribution >= 0.6 is 0 Å². The molecule has 1 atom stereocenters. The summed E-state index contributed by atoms with van der Waals surface area (Å²) in [7, 11) is 0. The summed E-state index contributed by atoms with van der Waals surface area (Å²) >= 11 is 0. The minimum absolute atomic E-state index is 0.107. The van der Waals surface area contributed by atoms with Crippen LogP contribution in [-0.4, -0.2) is 0 Å². The van der Waals surface area contributed by atoms with Gasteiger partial charge in [-0.15, -0.1) is 0 Å².